The molecule has 0 amide bonds. The first-order chi connectivity index (χ1) is 2.00. The average Bonchev–Trinajstić information content (AvgIpc) is 0.722. The third-order valence-corrected chi connectivity index (χ3v) is 0. The van der Waals surface area contributed by atoms with Gasteiger partial charge in [-0.2, -0.15) is 0 Å². The molecular formula is H4CsMoO4P. The van der Waals surface area contributed by atoms with E-state index in [0.29, 0.717) is 0 Å². The summed E-state index contributed by atoms with van der Waals surface area (Å²) in [5.74, 6) is 0. The third-order valence-electron chi connectivity index (χ3n) is 0. The molecule has 0 heterocycles. The Kier molecular flexibility index (Phi) is 16.4. The first-order valence-electron chi connectivity index (χ1n) is 0.783. The maximum Gasteiger partial charge on any atom is 1.00 e. The second-order valence-corrected chi connectivity index (χ2v) is 1.54. The Labute approximate surface area is 115 Å². The van der Waals surface area contributed by atoms with E-state index in [1.54, 1.807) is 0 Å². The van der Waals surface area contributed by atoms with Crippen LogP contribution in [0.2, 0.25) is 0 Å². The fourth-order valence-corrected chi connectivity index (χ4v) is 0. The van der Waals surface area contributed by atoms with Crippen molar-refractivity contribution in [1.82, 2.24) is 0 Å². The maximum atomic E-state index is 8.88. The summed E-state index contributed by atoms with van der Waals surface area (Å²) >= 11 is 0. The molecule has 40 valence electrons. The zero-order valence-corrected chi connectivity index (χ0v) is 12.8. The summed E-state index contributed by atoms with van der Waals surface area (Å²) in [6.07, 6.45) is 0. The van der Waals surface area contributed by atoms with Gasteiger partial charge in [-0.25, -0.2) is 4.57 Å². The molecule has 4 nitrogen and oxygen atoms in total. The van der Waals surface area contributed by atoms with Gasteiger partial charge in [0, 0.05) is 21.1 Å². The van der Waals surface area contributed by atoms with Gasteiger partial charge in [-0.05, 0) is 0 Å². The second kappa shape index (κ2) is 6.96. The number of rotatable bonds is 0. The van der Waals surface area contributed by atoms with E-state index in [9.17, 15) is 0 Å². The fourth-order valence-electron chi connectivity index (χ4n) is 0. The molecule has 0 atom stereocenters. The summed E-state index contributed by atoms with van der Waals surface area (Å²) in [5, 5.41) is 0. The summed E-state index contributed by atoms with van der Waals surface area (Å²) in [7, 11) is -4.64. The van der Waals surface area contributed by atoms with Gasteiger partial charge in [0.1, 0.15) is 0 Å². The topological polar surface area (TPSA) is 77.8 Å². The van der Waals surface area contributed by atoms with Gasteiger partial charge in [-0.3, -0.25) is 0 Å². The Morgan fingerprint density at radius 2 is 1.29 bits per heavy atom. The molecule has 0 aliphatic carbocycles. The average molecular weight is 328 g/mol. The third kappa shape index (κ3) is 51.1. The van der Waals surface area contributed by atoms with Crippen LogP contribution in [0.5, 0.6) is 0 Å². The predicted octanol–water partition coefficient (Wildman–Crippen LogP) is -3.81. The zero-order chi connectivity index (χ0) is 4.50. The van der Waals surface area contributed by atoms with Crippen LogP contribution in [0.3, 0.4) is 0 Å². The predicted molar refractivity (Wildman–Crippen MR) is 15.4 cm³/mol. The first kappa shape index (κ1) is 16.4. The van der Waals surface area contributed by atoms with Crippen LogP contribution in [0.4, 0.5) is 0 Å². The summed E-state index contributed by atoms with van der Waals surface area (Å²) in [6, 6.07) is 0. The Morgan fingerprint density at radius 3 is 1.29 bits per heavy atom. The monoisotopic (exact) mass is 330 g/mol. The molecule has 7 heteroatoms. The van der Waals surface area contributed by atoms with E-state index in [4.69, 9.17) is 19.2 Å². The van der Waals surface area contributed by atoms with Crippen molar-refractivity contribution in [1.29, 1.82) is 0 Å². The van der Waals surface area contributed by atoms with Crippen molar-refractivity contribution in [2.24, 2.45) is 0 Å². The van der Waals surface area contributed by atoms with Gasteiger partial charge in [-0.15, -0.1) is 0 Å². The first-order valence-corrected chi connectivity index (χ1v) is 2.35. The molecule has 0 aliphatic rings. The summed E-state index contributed by atoms with van der Waals surface area (Å²) in [4.78, 5) is 21.6. The van der Waals surface area contributed by atoms with E-state index in [1.807, 2.05) is 0 Å². The van der Waals surface area contributed by atoms with E-state index in [1.165, 1.54) is 0 Å². The largest absolute Gasteiger partial charge is 1.00 e. The van der Waals surface area contributed by atoms with Gasteiger partial charge in [0.2, 0.25) is 0 Å². The number of hydrogen-bond donors (Lipinski definition) is 3. The van der Waals surface area contributed by atoms with E-state index in [0.717, 1.165) is 0 Å². The quantitative estimate of drug-likeness (QED) is 0.315. The van der Waals surface area contributed by atoms with Crippen molar-refractivity contribution in [2.75, 3.05) is 0 Å². The van der Waals surface area contributed by atoms with E-state index < -0.39 is 7.82 Å². The normalized spacial score (nSPS) is 8.43. The van der Waals surface area contributed by atoms with Crippen LogP contribution in [0.25, 0.3) is 0 Å². The molecule has 0 aromatic heterocycles. The molecule has 0 aromatic carbocycles. The van der Waals surface area contributed by atoms with Crippen molar-refractivity contribution in [3.8, 4) is 0 Å². The summed E-state index contributed by atoms with van der Waals surface area (Å²) in [6.45, 7) is 0. The molecule has 0 unspecified atom stereocenters. The molecule has 0 radical (unpaired) electrons. The minimum atomic E-state index is -4.64. The van der Waals surface area contributed by atoms with Crippen LogP contribution in [0.15, 0.2) is 0 Å². The van der Waals surface area contributed by atoms with Crippen molar-refractivity contribution in [3.05, 3.63) is 0 Å². The van der Waals surface area contributed by atoms with Crippen LogP contribution >= 0.6 is 7.82 Å². The van der Waals surface area contributed by atoms with Crippen LogP contribution in [0, 0.1) is 0 Å². The Morgan fingerprint density at radius 1 is 1.29 bits per heavy atom. The van der Waals surface area contributed by atoms with Crippen molar-refractivity contribution >= 4 is 7.82 Å². The molecule has 0 saturated heterocycles. The van der Waals surface area contributed by atoms with Crippen LogP contribution in [-0.2, 0) is 25.6 Å². The van der Waals surface area contributed by atoms with Crippen LogP contribution in [0.1, 0.15) is 1.43 Å². The molecule has 0 aliphatic heterocycles. The van der Waals surface area contributed by atoms with Crippen molar-refractivity contribution in [2.45, 2.75) is 0 Å². The summed E-state index contributed by atoms with van der Waals surface area (Å²) in [5.41, 5.74) is 0. The SMILES string of the molecule is O=P(O)(O)O.[Cs+].[H-].[Mo]. The molecule has 0 bridgehead atoms. The molecule has 0 saturated carbocycles. The molecule has 0 spiro atoms. The van der Waals surface area contributed by atoms with Gasteiger partial charge >= 0.3 is 76.7 Å². The smallest absolute Gasteiger partial charge is 1.00 e. The van der Waals surface area contributed by atoms with Gasteiger partial charge in [0.05, 0.1) is 0 Å². The van der Waals surface area contributed by atoms with Crippen molar-refractivity contribution in [3.63, 3.8) is 0 Å². The number of phosphoric acid groups is 1. The molecule has 7 heavy (non-hydrogen) atoms. The van der Waals surface area contributed by atoms with Crippen LogP contribution in [-0.4, -0.2) is 14.7 Å². The Hall–Kier alpha value is 2.85. The summed E-state index contributed by atoms with van der Waals surface area (Å²) < 4.78 is 8.88. The van der Waals surface area contributed by atoms with Gasteiger partial charge < -0.3 is 16.1 Å². The van der Waals surface area contributed by atoms with Crippen LogP contribution < -0.4 is 68.9 Å². The molecular weight excluding hydrogens is 324 g/mol. The van der Waals surface area contributed by atoms with Gasteiger partial charge in [0.25, 0.3) is 0 Å². The second-order valence-electron chi connectivity index (χ2n) is 0.513. The van der Waals surface area contributed by atoms with Gasteiger partial charge in [0.15, 0.2) is 0 Å². The minimum absolute atomic E-state index is 0. The minimum Gasteiger partial charge on any atom is -1.00 e. The molecule has 3 N–H and O–H groups in total. The van der Waals surface area contributed by atoms with E-state index >= 15 is 0 Å². The molecule has 0 aromatic rings. The fraction of sp³-hybridized carbons (Fsp3) is 0. The number of hydrogen-bond acceptors (Lipinski definition) is 1. The Balaban J connectivity index is -0.0000000267. The van der Waals surface area contributed by atoms with E-state index in [-0.39, 0.29) is 91.4 Å². The Bertz CT molecular complexity index is 62.2. The van der Waals surface area contributed by atoms with Crippen molar-refractivity contribution < 1.29 is 111 Å². The van der Waals surface area contributed by atoms with E-state index in [2.05, 4.69) is 0 Å². The maximum absolute atomic E-state index is 8.88. The standard InChI is InChI=1S/Cs.Mo.H3O4P.H/c;;1-5(2,3)4;/h;;(H3,1,2,3,4);/q+1;;;-1. The molecule has 0 rings (SSSR count). The zero-order valence-electron chi connectivity index (χ0n) is 4.61. The van der Waals surface area contributed by atoms with Gasteiger partial charge in [-0.1, -0.05) is 0 Å². The molecule has 0 fully saturated rings.